The molecule has 0 spiro atoms. The summed E-state index contributed by atoms with van der Waals surface area (Å²) >= 11 is 9.65. The van der Waals surface area contributed by atoms with Gasteiger partial charge in [0.05, 0.1) is 0 Å². The van der Waals surface area contributed by atoms with Crippen LogP contribution in [-0.4, -0.2) is 18.0 Å². The second-order valence-electron chi connectivity index (χ2n) is 4.72. The standard InChI is InChI=1S/C16H18BrClN2/c17-16-7-6-15(18)10-14(16)12-20(9-8-19)11-13-4-2-1-3-5-13/h1-7,10H,8-9,11-12,19H2. The summed E-state index contributed by atoms with van der Waals surface area (Å²) in [5.74, 6) is 0. The molecule has 0 unspecified atom stereocenters. The zero-order valence-corrected chi connectivity index (χ0v) is 13.6. The molecule has 2 aromatic rings. The third-order valence-corrected chi connectivity index (χ3v) is 4.10. The van der Waals surface area contributed by atoms with Crippen LogP contribution in [0.1, 0.15) is 11.1 Å². The van der Waals surface area contributed by atoms with Crippen molar-refractivity contribution >= 4 is 27.5 Å². The monoisotopic (exact) mass is 352 g/mol. The van der Waals surface area contributed by atoms with Crippen LogP contribution in [0.2, 0.25) is 5.02 Å². The van der Waals surface area contributed by atoms with Crippen LogP contribution in [0, 0.1) is 0 Å². The molecule has 0 saturated carbocycles. The zero-order chi connectivity index (χ0) is 14.4. The van der Waals surface area contributed by atoms with Gasteiger partial charge in [0.2, 0.25) is 0 Å². The number of nitrogens with zero attached hydrogens (tertiary/aromatic N) is 1. The summed E-state index contributed by atoms with van der Waals surface area (Å²) in [5.41, 5.74) is 8.20. The van der Waals surface area contributed by atoms with E-state index >= 15 is 0 Å². The SMILES string of the molecule is NCCN(Cc1ccccc1)Cc1cc(Cl)ccc1Br. The number of benzene rings is 2. The molecule has 2 nitrogen and oxygen atoms in total. The van der Waals surface area contributed by atoms with E-state index in [0.717, 1.165) is 29.1 Å². The first-order valence-corrected chi connectivity index (χ1v) is 7.76. The molecule has 20 heavy (non-hydrogen) atoms. The Balaban J connectivity index is 2.11. The summed E-state index contributed by atoms with van der Waals surface area (Å²) in [7, 11) is 0. The molecule has 0 aliphatic rings. The molecule has 0 saturated heterocycles. The molecule has 106 valence electrons. The fourth-order valence-electron chi connectivity index (χ4n) is 2.14. The van der Waals surface area contributed by atoms with Crippen LogP contribution in [0.4, 0.5) is 0 Å². The molecule has 0 aromatic heterocycles. The minimum Gasteiger partial charge on any atom is -0.329 e. The maximum atomic E-state index is 6.07. The van der Waals surface area contributed by atoms with Gasteiger partial charge in [-0.2, -0.15) is 0 Å². The molecule has 4 heteroatoms. The molecule has 2 N–H and O–H groups in total. The fraction of sp³-hybridized carbons (Fsp3) is 0.250. The quantitative estimate of drug-likeness (QED) is 0.848. The second kappa shape index (κ2) is 7.79. The van der Waals surface area contributed by atoms with Gasteiger partial charge in [-0.3, -0.25) is 4.90 Å². The number of halogens is 2. The first kappa shape index (κ1) is 15.5. The lowest BCUT2D eigenvalue weighted by atomic mass is 10.1. The van der Waals surface area contributed by atoms with Gasteiger partial charge in [0.25, 0.3) is 0 Å². The summed E-state index contributed by atoms with van der Waals surface area (Å²) in [6.45, 7) is 3.21. The van der Waals surface area contributed by atoms with Gasteiger partial charge in [-0.15, -0.1) is 0 Å². The van der Waals surface area contributed by atoms with Crippen molar-refractivity contribution in [3.63, 3.8) is 0 Å². The Morgan fingerprint density at radius 2 is 1.80 bits per heavy atom. The molecule has 0 radical (unpaired) electrons. The minimum absolute atomic E-state index is 0.644. The van der Waals surface area contributed by atoms with E-state index < -0.39 is 0 Å². The van der Waals surface area contributed by atoms with Gasteiger partial charge in [-0.25, -0.2) is 0 Å². The third kappa shape index (κ3) is 4.60. The van der Waals surface area contributed by atoms with E-state index in [-0.39, 0.29) is 0 Å². The highest BCUT2D eigenvalue weighted by atomic mass is 79.9. The van der Waals surface area contributed by atoms with Crippen LogP contribution in [0.25, 0.3) is 0 Å². The molecule has 2 rings (SSSR count). The van der Waals surface area contributed by atoms with Gasteiger partial charge in [0.15, 0.2) is 0 Å². The highest BCUT2D eigenvalue weighted by Gasteiger charge is 2.09. The van der Waals surface area contributed by atoms with Crippen molar-refractivity contribution < 1.29 is 0 Å². The van der Waals surface area contributed by atoms with E-state index in [0.29, 0.717) is 6.54 Å². The Kier molecular flexibility index (Phi) is 6.05. The molecule has 0 aliphatic carbocycles. The highest BCUT2D eigenvalue weighted by molar-refractivity contribution is 9.10. The van der Waals surface area contributed by atoms with Crippen LogP contribution >= 0.6 is 27.5 Å². The van der Waals surface area contributed by atoms with Crippen LogP contribution in [0.3, 0.4) is 0 Å². The molecule has 0 fully saturated rings. The first-order chi connectivity index (χ1) is 9.69. The van der Waals surface area contributed by atoms with E-state index in [1.165, 1.54) is 11.1 Å². The van der Waals surface area contributed by atoms with Crippen LogP contribution < -0.4 is 5.73 Å². The summed E-state index contributed by atoms with van der Waals surface area (Å²) in [5, 5.41) is 0.760. The van der Waals surface area contributed by atoms with E-state index in [2.05, 4.69) is 45.1 Å². The van der Waals surface area contributed by atoms with Gasteiger partial charge in [0, 0.05) is 35.7 Å². The van der Waals surface area contributed by atoms with E-state index in [9.17, 15) is 0 Å². The molecule has 0 heterocycles. The second-order valence-corrected chi connectivity index (χ2v) is 6.01. The van der Waals surface area contributed by atoms with Gasteiger partial charge in [0.1, 0.15) is 0 Å². The molecular weight excluding hydrogens is 336 g/mol. The number of rotatable bonds is 6. The number of hydrogen-bond donors (Lipinski definition) is 1. The average Bonchev–Trinajstić information content (AvgIpc) is 2.44. The van der Waals surface area contributed by atoms with Gasteiger partial charge < -0.3 is 5.73 Å². The molecule has 0 bridgehead atoms. The third-order valence-electron chi connectivity index (χ3n) is 3.10. The minimum atomic E-state index is 0.644. The summed E-state index contributed by atoms with van der Waals surface area (Å²) in [6, 6.07) is 16.3. The van der Waals surface area contributed by atoms with E-state index in [4.69, 9.17) is 17.3 Å². The van der Waals surface area contributed by atoms with Gasteiger partial charge in [-0.05, 0) is 29.3 Å². The van der Waals surface area contributed by atoms with Crippen molar-refractivity contribution in [2.24, 2.45) is 5.73 Å². The predicted molar refractivity (Wildman–Crippen MR) is 88.8 cm³/mol. The Morgan fingerprint density at radius 3 is 2.50 bits per heavy atom. The van der Waals surface area contributed by atoms with Gasteiger partial charge in [-0.1, -0.05) is 57.9 Å². The van der Waals surface area contributed by atoms with Crippen molar-refractivity contribution in [2.75, 3.05) is 13.1 Å². The summed E-state index contributed by atoms with van der Waals surface area (Å²) in [6.07, 6.45) is 0. The molecule has 0 aliphatic heterocycles. The van der Waals surface area contributed by atoms with E-state index in [1.807, 2.05) is 24.3 Å². The lowest BCUT2D eigenvalue weighted by molar-refractivity contribution is 0.264. The van der Waals surface area contributed by atoms with E-state index in [1.54, 1.807) is 0 Å². The Labute approximate surface area is 133 Å². The largest absolute Gasteiger partial charge is 0.329 e. The predicted octanol–water partition coefficient (Wildman–Crippen LogP) is 4.06. The Morgan fingerprint density at radius 1 is 1.05 bits per heavy atom. The Bertz CT molecular complexity index is 545. The van der Waals surface area contributed by atoms with Crippen molar-refractivity contribution in [3.8, 4) is 0 Å². The van der Waals surface area contributed by atoms with Gasteiger partial charge >= 0.3 is 0 Å². The van der Waals surface area contributed by atoms with Crippen molar-refractivity contribution in [3.05, 3.63) is 69.2 Å². The lowest BCUT2D eigenvalue weighted by Crippen LogP contribution is -2.28. The van der Waals surface area contributed by atoms with Crippen LogP contribution in [0.15, 0.2) is 53.0 Å². The van der Waals surface area contributed by atoms with Crippen molar-refractivity contribution in [1.82, 2.24) is 4.90 Å². The molecule has 0 amide bonds. The normalized spacial score (nSPS) is 11.0. The van der Waals surface area contributed by atoms with Crippen LogP contribution in [-0.2, 0) is 13.1 Å². The van der Waals surface area contributed by atoms with Crippen LogP contribution in [0.5, 0.6) is 0 Å². The maximum Gasteiger partial charge on any atom is 0.0410 e. The smallest absolute Gasteiger partial charge is 0.0410 e. The van der Waals surface area contributed by atoms with Crippen molar-refractivity contribution in [2.45, 2.75) is 13.1 Å². The molecular formula is C16H18BrClN2. The van der Waals surface area contributed by atoms with Crippen molar-refractivity contribution in [1.29, 1.82) is 0 Å². The first-order valence-electron chi connectivity index (χ1n) is 6.59. The zero-order valence-electron chi connectivity index (χ0n) is 11.2. The fourth-order valence-corrected chi connectivity index (χ4v) is 2.71. The lowest BCUT2D eigenvalue weighted by Gasteiger charge is -2.22. The number of nitrogens with two attached hydrogens (primary N) is 1. The average molecular weight is 354 g/mol. The number of hydrogen-bond acceptors (Lipinski definition) is 2. The summed E-state index contributed by atoms with van der Waals surface area (Å²) in [4.78, 5) is 2.33. The topological polar surface area (TPSA) is 29.3 Å². The highest BCUT2D eigenvalue weighted by Crippen LogP contribution is 2.23. The maximum absolute atomic E-state index is 6.07. The molecule has 0 atom stereocenters. The molecule has 2 aromatic carbocycles. The summed E-state index contributed by atoms with van der Waals surface area (Å²) < 4.78 is 1.08. The Hall–Kier alpha value is -0.870.